The van der Waals surface area contributed by atoms with Crippen LogP contribution in [0.1, 0.15) is 36.4 Å². The number of aromatic nitrogens is 1. The van der Waals surface area contributed by atoms with Crippen molar-refractivity contribution in [1.29, 1.82) is 0 Å². The van der Waals surface area contributed by atoms with Crippen LogP contribution in [0.4, 0.5) is 5.69 Å². The van der Waals surface area contributed by atoms with Crippen molar-refractivity contribution in [2.45, 2.75) is 30.7 Å². The zero-order chi connectivity index (χ0) is 21.4. The number of pyridine rings is 1. The number of aliphatic hydroxyl groups is 1. The van der Waals surface area contributed by atoms with E-state index in [0.29, 0.717) is 19.5 Å². The van der Waals surface area contributed by atoms with Gasteiger partial charge in [0.1, 0.15) is 5.41 Å². The summed E-state index contributed by atoms with van der Waals surface area (Å²) in [6, 6.07) is 11.3. The van der Waals surface area contributed by atoms with Crippen molar-refractivity contribution in [2.24, 2.45) is 5.92 Å². The van der Waals surface area contributed by atoms with E-state index in [1.54, 1.807) is 12.4 Å². The van der Waals surface area contributed by atoms with Gasteiger partial charge in [0.15, 0.2) is 0 Å². The van der Waals surface area contributed by atoms with E-state index in [2.05, 4.69) is 15.2 Å². The summed E-state index contributed by atoms with van der Waals surface area (Å²) in [5, 5.41) is 12.3. The molecule has 2 N–H and O–H groups in total. The van der Waals surface area contributed by atoms with E-state index >= 15 is 0 Å². The highest BCUT2D eigenvalue weighted by molar-refractivity contribution is 6.07. The standard InChI is InChI=1S/C24H28N4O3/c29-15-14-27-11-7-17(8-12-27)22(30)28-13-9-24(21(28)18-4-3-10-25-16-18)19-5-1-2-6-20(19)26-23(24)31/h1-6,10,16-17,21,29H,7-9,11-15H2,(H,26,31). The first kappa shape index (κ1) is 20.2. The quantitative estimate of drug-likeness (QED) is 0.790. The number of piperidine rings is 1. The number of carbonyl (C=O) groups excluding carboxylic acids is 2. The molecule has 4 heterocycles. The lowest BCUT2D eigenvalue weighted by Gasteiger charge is -2.37. The molecule has 7 nitrogen and oxygen atoms in total. The molecule has 2 amide bonds. The molecule has 5 rings (SSSR count). The second-order valence-corrected chi connectivity index (χ2v) is 8.78. The lowest BCUT2D eigenvalue weighted by molar-refractivity contribution is -0.139. The Morgan fingerprint density at radius 1 is 1.16 bits per heavy atom. The third-order valence-electron chi connectivity index (χ3n) is 7.22. The summed E-state index contributed by atoms with van der Waals surface area (Å²) in [7, 11) is 0. The number of fused-ring (bicyclic) bond motifs is 2. The van der Waals surface area contributed by atoms with Crippen LogP contribution >= 0.6 is 0 Å². The van der Waals surface area contributed by atoms with Gasteiger partial charge in [0.05, 0.1) is 12.6 Å². The van der Waals surface area contributed by atoms with Crippen molar-refractivity contribution in [3.8, 4) is 0 Å². The lowest BCUT2D eigenvalue weighted by Crippen LogP contribution is -2.46. The van der Waals surface area contributed by atoms with Gasteiger partial charge in [-0.25, -0.2) is 0 Å². The van der Waals surface area contributed by atoms with Crippen LogP contribution in [-0.2, 0) is 15.0 Å². The molecule has 3 aliphatic rings. The second-order valence-electron chi connectivity index (χ2n) is 8.78. The van der Waals surface area contributed by atoms with E-state index < -0.39 is 5.41 Å². The number of nitrogens with one attached hydrogen (secondary N) is 1. The van der Waals surface area contributed by atoms with Gasteiger partial charge in [-0.15, -0.1) is 0 Å². The first-order valence-electron chi connectivity index (χ1n) is 11.1. The minimum atomic E-state index is -0.785. The van der Waals surface area contributed by atoms with Gasteiger partial charge in [-0.1, -0.05) is 24.3 Å². The number of benzene rings is 1. The molecule has 1 aromatic carbocycles. The number of amides is 2. The number of aliphatic hydroxyl groups excluding tert-OH is 1. The van der Waals surface area contributed by atoms with Crippen LogP contribution in [-0.4, -0.2) is 64.5 Å². The monoisotopic (exact) mass is 420 g/mol. The van der Waals surface area contributed by atoms with E-state index in [9.17, 15) is 14.7 Å². The lowest BCUT2D eigenvalue weighted by atomic mass is 9.72. The van der Waals surface area contributed by atoms with E-state index in [4.69, 9.17) is 0 Å². The first-order valence-corrected chi connectivity index (χ1v) is 11.1. The van der Waals surface area contributed by atoms with Crippen LogP contribution in [0.2, 0.25) is 0 Å². The maximum Gasteiger partial charge on any atom is 0.237 e. The second kappa shape index (κ2) is 8.05. The molecule has 2 saturated heterocycles. The van der Waals surface area contributed by atoms with Crippen molar-refractivity contribution in [3.05, 3.63) is 59.9 Å². The molecule has 3 aliphatic heterocycles. The molecule has 2 aromatic rings. The van der Waals surface area contributed by atoms with Crippen molar-refractivity contribution in [3.63, 3.8) is 0 Å². The van der Waals surface area contributed by atoms with Crippen molar-refractivity contribution >= 4 is 17.5 Å². The zero-order valence-electron chi connectivity index (χ0n) is 17.5. The van der Waals surface area contributed by atoms with Crippen molar-refractivity contribution in [1.82, 2.24) is 14.8 Å². The third-order valence-corrected chi connectivity index (χ3v) is 7.22. The van der Waals surface area contributed by atoms with E-state index in [0.717, 1.165) is 42.7 Å². The zero-order valence-corrected chi connectivity index (χ0v) is 17.5. The molecule has 162 valence electrons. The molecule has 2 unspecified atom stereocenters. The average molecular weight is 421 g/mol. The van der Waals surface area contributed by atoms with Crippen molar-refractivity contribution in [2.75, 3.05) is 38.1 Å². The smallest absolute Gasteiger partial charge is 0.237 e. The number of β-amino-alcohol motifs (C(OH)–C–C–N with tert-alkyl or cyclic N) is 1. The largest absolute Gasteiger partial charge is 0.395 e. The Morgan fingerprint density at radius 2 is 1.97 bits per heavy atom. The summed E-state index contributed by atoms with van der Waals surface area (Å²) in [5.41, 5.74) is 1.93. The molecule has 0 radical (unpaired) electrons. The summed E-state index contributed by atoms with van der Waals surface area (Å²) in [5.74, 6) is 0.0474. The normalized spacial score (nSPS) is 26.3. The highest BCUT2D eigenvalue weighted by atomic mass is 16.3. The number of likely N-dealkylation sites (tertiary alicyclic amines) is 2. The fourth-order valence-corrected chi connectivity index (χ4v) is 5.70. The molecule has 0 aliphatic carbocycles. The minimum absolute atomic E-state index is 0.0318. The number of hydrogen-bond acceptors (Lipinski definition) is 5. The molecule has 2 fully saturated rings. The maximum atomic E-state index is 13.7. The number of para-hydroxylation sites is 1. The predicted molar refractivity (Wildman–Crippen MR) is 116 cm³/mol. The number of hydrogen-bond donors (Lipinski definition) is 2. The van der Waals surface area contributed by atoms with Crippen LogP contribution in [0.15, 0.2) is 48.8 Å². The first-order chi connectivity index (χ1) is 15.1. The molecule has 2 atom stereocenters. The Labute approximate surface area is 182 Å². The van der Waals surface area contributed by atoms with Gasteiger partial charge >= 0.3 is 0 Å². The fraction of sp³-hybridized carbons (Fsp3) is 0.458. The van der Waals surface area contributed by atoms with Crippen LogP contribution in [0.3, 0.4) is 0 Å². The fourth-order valence-electron chi connectivity index (χ4n) is 5.70. The van der Waals surface area contributed by atoms with Gasteiger partial charge in [0.2, 0.25) is 11.8 Å². The SMILES string of the molecule is O=C(C1CCN(CCO)CC1)N1CCC2(C(=O)Nc3ccccc32)C1c1cccnc1. The van der Waals surface area contributed by atoms with Gasteiger partial charge in [-0.05, 0) is 55.6 Å². The molecular formula is C24H28N4O3. The molecule has 31 heavy (non-hydrogen) atoms. The van der Waals surface area contributed by atoms with Gasteiger partial charge < -0.3 is 20.2 Å². The van der Waals surface area contributed by atoms with E-state index in [1.165, 1.54) is 0 Å². The molecule has 0 bridgehead atoms. The van der Waals surface area contributed by atoms with Gasteiger partial charge in [-0.2, -0.15) is 0 Å². The molecule has 1 aromatic heterocycles. The maximum absolute atomic E-state index is 13.7. The highest BCUT2D eigenvalue weighted by Crippen LogP contribution is 2.55. The summed E-state index contributed by atoms with van der Waals surface area (Å²) in [6.45, 7) is 2.98. The Hall–Kier alpha value is -2.77. The third kappa shape index (κ3) is 3.23. The van der Waals surface area contributed by atoms with Gasteiger partial charge in [0, 0.05) is 37.1 Å². The number of anilines is 1. The Kier molecular flexibility index (Phi) is 5.24. The topological polar surface area (TPSA) is 85.8 Å². The van der Waals surface area contributed by atoms with E-state index in [1.807, 2.05) is 41.3 Å². The van der Waals surface area contributed by atoms with Crippen LogP contribution in [0, 0.1) is 5.92 Å². The summed E-state index contributed by atoms with van der Waals surface area (Å²) < 4.78 is 0. The molecular weight excluding hydrogens is 392 g/mol. The van der Waals surface area contributed by atoms with Crippen LogP contribution in [0.5, 0.6) is 0 Å². The molecule has 0 saturated carbocycles. The van der Waals surface area contributed by atoms with Crippen molar-refractivity contribution < 1.29 is 14.7 Å². The summed E-state index contributed by atoms with van der Waals surface area (Å²) in [6.07, 6.45) is 5.67. The minimum Gasteiger partial charge on any atom is -0.395 e. The van der Waals surface area contributed by atoms with E-state index in [-0.39, 0.29) is 30.4 Å². The number of nitrogens with zero attached hydrogens (tertiary/aromatic N) is 3. The van der Waals surface area contributed by atoms with Gasteiger partial charge in [-0.3, -0.25) is 14.6 Å². The number of rotatable bonds is 4. The highest BCUT2D eigenvalue weighted by Gasteiger charge is 2.59. The molecule has 1 spiro atoms. The van der Waals surface area contributed by atoms with Gasteiger partial charge in [0.25, 0.3) is 0 Å². The average Bonchev–Trinajstić information content (AvgIpc) is 3.34. The Morgan fingerprint density at radius 3 is 2.71 bits per heavy atom. The summed E-state index contributed by atoms with van der Waals surface area (Å²) >= 11 is 0. The Balaban J connectivity index is 1.49. The van der Waals surface area contributed by atoms with Crippen LogP contribution in [0.25, 0.3) is 0 Å². The van der Waals surface area contributed by atoms with Crippen LogP contribution < -0.4 is 5.32 Å². The Bertz CT molecular complexity index is 974. The number of carbonyl (C=O) groups is 2. The predicted octanol–water partition coefficient (Wildman–Crippen LogP) is 1.95. The molecule has 7 heteroatoms. The summed E-state index contributed by atoms with van der Waals surface area (Å²) in [4.78, 5) is 35.6.